The Hall–Kier alpha value is -2.37. The summed E-state index contributed by atoms with van der Waals surface area (Å²) < 4.78 is 23.4. The van der Waals surface area contributed by atoms with Crippen LogP contribution in [0.1, 0.15) is 18.4 Å². The molecule has 0 bridgehead atoms. The van der Waals surface area contributed by atoms with Gasteiger partial charge in [0.1, 0.15) is 23.4 Å². The number of carbonyl (C=O) groups excluding carboxylic acids is 1. The lowest BCUT2D eigenvalue weighted by molar-refractivity contribution is -0.120. The standard InChI is InChI=1S/C15H17FN2O3/c1-10-6-13(18-21-10)8-15(19)17-9-11(2)20-14-5-3-4-12(16)7-14/h3-7,11H,8-9H2,1-2H3,(H,17,19). The summed E-state index contributed by atoms with van der Waals surface area (Å²) >= 11 is 0. The number of rotatable bonds is 6. The first-order valence-corrected chi connectivity index (χ1v) is 6.64. The van der Waals surface area contributed by atoms with Gasteiger partial charge in [0.15, 0.2) is 0 Å². The normalized spacial score (nSPS) is 12.0. The summed E-state index contributed by atoms with van der Waals surface area (Å²) in [6.45, 7) is 3.89. The Balaban J connectivity index is 1.75. The van der Waals surface area contributed by atoms with Crippen LogP contribution in [-0.2, 0) is 11.2 Å². The van der Waals surface area contributed by atoms with E-state index in [1.54, 1.807) is 32.0 Å². The van der Waals surface area contributed by atoms with Gasteiger partial charge in [0.05, 0.1) is 18.7 Å². The van der Waals surface area contributed by atoms with Gasteiger partial charge in [-0.3, -0.25) is 4.79 Å². The Labute approximate surface area is 122 Å². The van der Waals surface area contributed by atoms with E-state index >= 15 is 0 Å². The van der Waals surface area contributed by atoms with Gasteiger partial charge in [0.25, 0.3) is 0 Å². The number of nitrogens with zero attached hydrogens (tertiary/aromatic N) is 1. The second-order valence-corrected chi connectivity index (χ2v) is 4.80. The van der Waals surface area contributed by atoms with E-state index in [0.717, 1.165) is 0 Å². The van der Waals surface area contributed by atoms with Crippen LogP contribution < -0.4 is 10.1 Å². The molecule has 0 spiro atoms. The molecular formula is C15H17FN2O3. The SMILES string of the molecule is Cc1cc(CC(=O)NCC(C)Oc2cccc(F)c2)no1. The first kappa shape index (κ1) is 15.0. The number of hydrogen-bond donors (Lipinski definition) is 1. The Bertz CT molecular complexity index is 612. The highest BCUT2D eigenvalue weighted by molar-refractivity contribution is 5.78. The summed E-state index contributed by atoms with van der Waals surface area (Å²) in [5.74, 6) is 0.576. The Kier molecular flexibility index (Phi) is 4.92. The van der Waals surface area contributed by atoms with Crippen molar-refractivity contribution >= 4 is 5.91 Å². The van der Waals surface area contributed by atoms with Gasteiger partial charge in [-0.25, -0.2) is 4.39 Å². The highest BCUT2D eigenvalue weighted by atomic mass is 19.1. The number of nitrogens with one attached hydrogen (secondary N) is 1. The number of carbonyl (C=O) groups is 1. The van der Waals surface area contributed by atoms with Gasteiger partial charge in [-0.1, -0.05) is 11.2 Å². The van der Waals surface area contributed by atoms with E-state index in [1.807, 2.05) is 0 Å². The van der Waals surface area contributed by atoms with E-state index in [1.165, 1.54) is 12.1 Å². The van der Waals surface area contributed by atoms with Crippen molar-refractivity contribution in [1.29, 1.82) is 0 Å². The minimum atomic E-state index is -0.356. The van der Waals surface area contributed by atoms with Gasteiger partial charge in [-0.05, 0) is 26.0 Å². The number of ether oxygens (including phenoxy) is 1. The van der Waals surface area contributed by atoms with Crippen LogP contribution >= 0.6 is 0 Å². The molecule has 112 valence electrons. The fourth-order valence-corrected chi connectivity index (χ4v) is 1.80. The minimum Gasteiger partial charge on any atom is -0.489 e. The van der Waals surface area contributed by atoms with Crippen molar-refractivity contribution in [2.75, 3.05) is 6.54 Å². The number of halogens is 1. The third kappa shape index (κ3) is 4.91. The number of amides is 1. The van der Waals surface area contributed by atoms with Crippen molar-refractivity contribution in [3.05, 3.63) is 47.6 Å². The third-order valence-corrected chi connectivity index (χ3v) is 2.74. The van der Waals surface area contributed by atoms with Crippen molar-refractivity contribution in [3.63, 3.8) is 0 Å². The molecule has 1 aromatic carbocycles. The van der Waals surface area contributed by atoms with Crippen LogP contribution in [0.3, 0.4) is 0 Å². The summed E-state index contributed by atoms with van der Waals surface area (Å²) in [4.78, 5) is 11.7. The fourth-order valence-electron chi connectivity index (χ4n) is 1.80. The molecule has 1 amide bonds. The largest absolute Gasteiger partial charge is 0.489 e. The van der Waals surface area contributed by atoms with Crippen LogP contribution in [0, 0.1) is 12.7 Å². The van der Waals surface area contributed by atoms with Crippen LogP contribution in [0.4, 0.5) is 4.39 Å². The zero-order chi connectivity index (χ0) is 15.2. The molecule has 1 heterocycles. The van der Waals surface area contributed by atoms with Crippen LogP contribution in [-0.4, -0.2) is 23.7 Å². The lowest BCUT2D eigenvalue weighted by Gasteiger charge is -2.15. The molecule has 0 fully saturated rings. The van der Waals surface area contributed by atoms with Crippen molar-refractivity contribution in [3.8, 4) is 5.75 Å². The predicted octanol–water partition coefficient (Wildman–Crippen LogP) is 2.25. The van der Waals surface area contributed by atoms with Crippen LogP contribution in [0.15, 0.2) is 34.9 Å². The maximum absolute atomic E-state index is 13.0. The lowest BCUT2D eigenvalue weighted by atomic mass is 10.2. The van der Waals surface area contributed by atoms with E-state index < -0.39 is 0 Å². The lowest BCUT2D eigenvalue weighted by Crippen LogP contribution is -2.34. The molecule has 1 unspecified atom stereocenters. The molecule has 1 N–H and O–H groups in total. The molecule has 0 radical (unpaired) electrons. The van der Waals surface area contributed by atoms with Gasteiger partial charge in [-0.15, -0.1) is 0 Å². The van der Waals surface area contributed by atoms with Crippen LogP contribution in [0.2, 0.25) is 0 Å². The molecule has 0 saturated carbocycles. The van der Waals surface area contributed by atoms with Gasteiger partial charge in [-0.2, -0.15) is 0 Å². The summed E-state index contributed by atoms with van der Waals surface area (Å²) in [6.07, 6.45) is -0.112. The maximum Gasteiger partial charge on any atom is 0.226 e. The van der Waals surface area contributed by atoms with Crippen LogP contribution in [0.5, 0.6) is 5.75 Å². The topological polar surface area (TPSA) is 64.4 Å². The number of aryl methyl sites for hydroxylation is 1. The number of hydrogen-bond acceptors (Lipinski definition) is 4. The summed E-state index contributed by atoms with van der Waals surface area (Å²) in [7, 11) is 0. The maximum atomic E-state index is 13.0. The van der Waals surface area contributed by atoms with E-state index in [0.29, 0.717) is 23.7 Å². The second kappa shape index (κ2) is 6.88. The average molecular weight is 292 g/mol. The molecule has 1 atom stereocenters. The van der Waals surface area contributed by atoms with Gasteiger partial charge in [0, 0.05) is 12.1 Å². The van der Waals surface area contributed by atoms with Crippen molar-refractivity contribution < 1.29 is 18.4 Å². The quantitative estimate of drug-likeness (QED) is 0.887. The smallest absolute Gasteiger partial charge is 0.226 e. The summed E-state index contributed by atoms with van der Waals surface area (Å²) in [6, 6.07) is 7.60. The van der Waals surface area contributed by atoms with Gasteiger partial charge in [0.2, 0.25) is 5.91 Å². The van der Waals surface area contributed by atoms with E-state index in [9.17, 15) is 9.18 Å². The second-order valence-electron chi connectivity index (χ2n) is 4.80. The average Bonchev–Trinajstić information content (AvgIpc) is 2.82. The molecule has 2 rings (SSSR count). The molecule has 0 saturated heterocycles. The van der Waals surface area contributed by atoms with E-state index in [-0.39, 0.29) is 24.2 Å². The van der Waals surface area contributed by atoms with Crippen molar-refractivity contribution in [2.24, 2.45) is 0 Å². The zero-order valence-corrected chi connectivity index (χ0v) is 11.9. The first-order chi connectivity index (χ1) is 10.0. The molecule has 21 heavy (non-hydrogen) atoms. The predicted molar refractivity (Wildman–Crippen MR) is 74.4 cm³/mol. The van der Waals surface area contributed by atoms with Crippen molar-refractivity contribution in [1.82, 2.24) is 10.5 Å². The van der Waals surface area contributed by atoms with Gasteiger partial charge >= 0.3 is 0 Å². The molecule has 2 aromatic rings. The molecule has 5 nitrogen and oxygen atoms in total. The third-order valence-electron chi connectivity index (χ3n) is 2.74. The van der Waals surface area contributed by atoms with Gasteiger partial charge < -0.3 is 14.6 Å². The first-order valence-electron chi connectivity index (χ1n) is 6.64. The molecule has 0 aliphatic rings. The summed E-state index contributed by atoms with van der Waals surface area (Å²) in [5.41, 5.74) is 0.587. The summed E-state index contributed by atoms with van der Waals surface area (Å²) in [5, 5.41) is 6.49. The monoisotopic (exact) mass is 292 g/mol. The zero-order valence-electron chi connectivity index (χ0n) is 11.9. The van der Waals surface area contributed by atoms with Crippen LogP contribution in [0.25, 0.3) is 0 Å². The fraction of sp³-hybridized carbons (Fsp3) is 0.333. The molecule has 0 aliphatic heterocycles. The minimum absolute atomic E-state index is 0.157. The molecule has 1 aromatic heterocycles. The van der Waals surface area contributed by atoms with E-state index in [2.05, 4.69) is 10.5 Å². The Morgan fingerprint density at radius 3 is 2.95 bits per heavy atom. The molecular weight excluding hydrogens is 275 g/mol. The Morgan fingerprint density at radius 2 is 2.29 bits per heavy atom. The van der Waals surface area contributed by atoms with Crippen molar-refractivity contribution in [2.45, 2.75) is 26.4 Å². The number of aromatic nitrogens is 1. The number of benzene rings is 1. The van der Waals surface area contributed by atoms with E-state index in [4.69, 9.17) is 9.26 Å². The highest BCUT2D eigenvalue weighted by Crippen LogP contribution is 2.13. The highest BCUT2D eigenvalue weighted by Gasteiger charge is 2.10. The molecule has 0 aliphatic carbocycles. The molecule has 6 heteroatoms. The Morgan fingerprint density at radius 1 is 1.48 bits per heavy atom.